The molecule has 0 saturated heterocycles. The monoisotopic (exact) mass is 470 g/mol. The van der Waals surface area contributed by atoms with Gasteiger partial charge in [-0.3, -0.25) is 9.10 Å². The molecule has 1 amide bonds. The first kappa shape index (κ1) is 24.0. The lowest BCUT2D eigenvalue weighted by molar-refractivity contribution is -0.119. The first-order chi connectivity index (χ1) is 14.2. The van der Waals surface area contributed by atoms with Crippen LogP contribution in [0.5, 0.6) is 0 Å². The molecule has 2 rings (SSSR count). The zero-order valence-electron chi connectivity index (χ0n) is 17.0. The van der Waals surface area contributed by atoms with Crippen LogP contribution in [0, 0.1) is 0 Å². The van der Waals surface area contributed by atoms with Crippen molar-refractivity contribution in [3.8, 4) is 0 Å². The minimum absolute atomic E-state index is 0.189. The van der Waals surface area contributed by atoms with Crippen LogP contribution in [0.4, 0.5) is 11.4 Å². The number of hydrogen-bond donors (Lipinski definition) is 1. The Morgan fingerprint density at radius 2 is 1.63 bits per heavy atom. The largest absolute Gasteiger partial charge is 0.372 e. The maximum atomic E-state index is 12.2. The molecule has 0 aromatic heterocycles. The third kappa shape index (κ3) is 6.62. The second-order valence-corrected chi connectivity index (χ2v) is 9.15. The number of hydrazone groups is 1. The number of rotatable bonds is 9. The topological polar surface area (TPSA) is 82.1 Å². The van der Waals surface area contributed by atoms with Gasteiger partial charge in [0.2, 0.25) is 10.0 Å². The average molecular weight is 471 g/mol. The quantitative estimate of drug-likeness (QED) is 0.446. The van der Waals surface area contributed by atoms with Crippen molar-refractivity contribution in [3.05, 3.63) is 58.1 Å². The molecule has 0 bridgehead atoms. The van der Waals surface area contributed by atoms with Crippen LogP contribution in [-0.2, 0) is 14.8 Å². The molecule has 0 atom stereocenters. The molecule has 0 fully saturated rings. The number of carbonyl (C=O) groups excluding carboxylic acids is 1. The highest BCUT2D eigenvalue weighted by atomic mass is 35.5. The number of nitrogens with zero attached hydrogens (tertiary/aromatic N) is 3. The van der Waals surface area contributed by atoms with Crippen LogP contribution in [0.1, 0.15) is 19.4 Å². The molecular formula is C20H24Cl2N4O3S. The standard InChI is InChI=1S/C20H24Cl2N4O3S/c1-4-25(5-2)16-8-6-15(7-9-16)13-23-24-20(27)14-26(30(3,28)29)17-10-11-18(21)19(22)12-17/h6-13H,4-5,14H2,1-3H3,(H,24,27). The van der Waals surface area contributed by atoms with E-state index in [-0.39, 0.29) is 15.7 Å². The van der Waals surface area contributed by atoms with Gasteiger partial charge in [-0.15, -0.1) is 0 Å². The summed E-state index contributed by atoms with van der Waals surface area (Å²) in [4.78, 5) is 14.5. The molecule has 0 aliphatic heterocycles. The van der Waals surface area contributed by atoms with E-state index in [0.717, 1.165) is 34.9 Å². The Bertz CT molecular complexity index is 1010. The van der Waals surface area contributed by atoms with Crippen LogP contribution in [-0.4, -0.2) is 46.4 Å². The lowest BCUT2D eigenvalue weighted by Gasteiger charge is -2.21. The predicted octanol–water partition coefficient (Wildman–Crippen LogP) is 3.76. The van der Waals surface area contributed by atoms with E-state index in [0.29, 0.717) is 0 Å². The SMILES string of the molecule is CCN(CC)c1ccc(C=NNC(=O)CN(c2ccc(Cl)c(Cl)c2)S(C)(=O)=O)cc1. The van der Waals surface area contributed by atoms with Crippen molar-refractivity contribution in [2.24, 2.45) is 5.10 Å². The van der Waals surface area contributed by atoms with Crippen LogP contribution in [0.25, 0.3) is 0 Å². The van der Waals surface area contributed by atoms with Crippen molar-refractivity contribution in [2.75, 3.05) is 35.1 Å². The van der Waals surface area contributed by atoms with E-state index in [1.54, 1.807) is 0 Å². The molecule has 30 heavy (non-hydrogen) atoms. The third-order valence-corrected chi connectivity index (χ3v) is 6.18. The van der Waals surface area contributed by atoms with Gasteiger partial charge in [0.1, 0.15) is 6.54 Å². The summed E-state index contributed by atoms with van der Waals surface area (Å²) in [6.45, 7) is 5.55. The highest BCUT2D eigenvalue weighted by Crippen LogP contribution is 2.28. The Hall–Kier alpha value is -2.29. The van der Waals surface area contributed by atoms with E-state index in [4.69, 9.17) is 23.2 Å². The summed E-state index contributed by atoms with van der Waals surface area (Å²) < 4.78 is 25.2. The summed E-state index contributed by atoms with van der Waals surface area (Å²) in [6.07, 6.45) is 2.50. The summed E-state index contributed by atoms with van der Waals surface area (Å²) in [5.74, 6) is -0.595. The number of benzene rings is 2. The van der Waals surface area contributed by atoms with Crippen LogP contribution in [0.15, 0.2) is 47.6 Å². The minimum Gasteiger partial charge on any atom is -0.372 e. The van der Waals surface area contributed by atoms with Gasteiger partial charge in [0, 0.05) is 18.8 Å². The van der Waals surface area contributed by atoms with Gasteiger partial charge < -0.3 is 4.90 Å². The van der Waals surface area contributed by atoms with E-state index in [1.165, 1.54) is 24.4 Å². The first-order valence-corrected chi connectivity index (χ1v) is 11.9. The summed E-state index contributed by atoms with van der Waals surface area (Å²) in [6, 6.07) is 12.1. The van der Waals surface area contributed by atoms with Crippen molar-refractivity contribution < 1.29 is 13.2 Å². The van der Waals surface area contributed by atoms with Crippen molar-refractivity contribution in [2.45, 2.75) is 13.8 Å². The summed E-state index contributed by atoms with van der Waals surface area (Å²) in [5.41, 5.74) is 4.48. The van der Waals surface area contributed by atoms with Gasteiger partial charge in [-0.05, 0) is 49.7 Å². The van der Waals surface area contributed by atoms with Gasteiger partial charge >= 0.3 is 0 Å². The molecule has 0 saturated carbocycles. The fourth-order valence-corrected chi connectivity index (χ4v) is 3.89. The maximum Gasteiger partial charge on any atom is 0.260 e. The van der Waals surface area contributed by atoms with E-state index in [2.05, 4.69) is 29.3 Å². The Labute approximate surface area is 187 Å². The molecule has 0 aliphatic carbocycles. The zero-order chi connectivity index (χ0) is 22.3. The van der Waals surface area contributed by atoms with Crippen molar-refractivity contribution in [1.29, 1.82) is 0 Å². The van der Waals surface area contributed by atoms with Gasteiger partial charge in [0.05, 0.1) is 28.2 Å². The van der Waals surface area contributed by atoms with Crippen LogP contribution < -0.4 is 14.6 Å². The summed E-state index contributed by atoms with van der Waals surface area (Å²) in [7, 11) is -3.72. The number of sulfonamides is 1. The Morgan fingerprint density at radius 1 is 1.03 bits per heavy atom. The van der Waals surface area contributed by atoms with Crippen molar-refractivity contribution >= 4 is 56.7 Å². The number of anilines is 2. The molecule has 7 nitrogen and oxygen atoms in total. The van der Waals surface area contributed by atoms with Crippen LogP contribution in [0.2, 0.25) is 10.0 Å². The number of amides is 1. The Morgan fingerprint density at radius 3 is 2.17 bits per heavy atom. The highest BCUT2D eigenvalue weighted by molar-refractivity contribution is 7.92. The second-order valence-electron chi connectivity index (χ2n) is 6.43. The maximum absolute atomic E-state index is 12.2. The molecule has 162 valence electrons. The summed E-state index contributed by atoms with van der Waals surface area (Å²) >= 11 is 11.8. The van der Waals surface area contributed by atoms with Gasteiger partial charge in [0.25, 0.3) is 5.91 Å². The second kappa shape index (κ2) is 10.7. The van der Waals surface area contributed by atoms with Crippen molar-refractivity contribution in [3.63, 3.8) is 0 Å². The molecule has 0 spiro atoms. The Balaban J connectivity index is 2.04. The highest BCUT2D eigenvalue weighted by Gasteiger charge is 2.21. The molecule has 2 aromatic carbocycles. The Kier molecular flexibility index (Phi) is 8.52. The number of carbonyl (C=O) groups is 1. The van der Waals surface area contributed by atoms with Gasteiger partial charge in [-0.1, -0.05) is 35.3 Å². The van der Waals surface area contributed by atoms with Gasteiger partial charge in [-0.25, -0.2) is 13.8 Å². The fourth-order valence-electron chi connectivity index (χ4n) is 2.74. The lowest BCUT2D eigenvalue weighted by Crippen LogP contribution is -2.39. The molecule has 0 radical (unpaired) electrons. The molecule has 1 N–H and O–H groups in total. The van der Waals surface area contributed by atoms with E-state index >= 15 is 0 Å². The smallest absolute Gasteiger partial charge is 0.260 e. The molecular weight excluding hydrogens is 447 g/mol. The average Bonchev–Trinajstić information content (AvgIpc) is 2.69. The van der Waals surface area contributed by atoms with E-state index < -0.39 is 22.5 Å². The molecule has 0 aliphatic rings. The zero-order valence-corrected chi connectivity index (χ0v) is 19.3. The van der Waals surface area contributed by atoms with Gasteiger partial charge in [0.15, 0.2) is 0 Å². The molecule has 10 heteroatoms. The minimum atomic E-state index is -3.72. The number of halogens is 2. The molecule has 0 unspecified atom stereocenters. The van der Waals surface area contributed by atoms with Crippen LogP contribution in [0.3, 0.4) is 0 Å². The number of hydrogen-bond acceptors (Lipinski definition) is 5. The van der Waals surface area contributed by atoms with E-state index in [1.807, 2.05) is 24.3 Å². The third-order valence-electron chi connectivity index (χ3n) is 4.30. The van der Waals surface area contributed by atoms with E-state index in [9.17, 15) is 13.2 Å². The lowest BCUT2D eigenvalue weighted by atomic mass is 10.2. The van der Waals surface area contributed by atoms with Crippen LogP contribution >= 0.6 is 23.2 Å². The fraction of sp³-hybridized carbons (Fsp3) is 0.300. The normalized spacial score (nSPS) is 11.5. The predicted molar refractivity (Wildman–Crippen MR) is 124 cm³/mol. The number of nitrogens with one attached hydrogen (secondary N) is 1. The molecule has 0 heterocycles. The molecule has 2 aromatic rings. The first-order valence-electron chi connectivity index (χ1n) is 9.25. The van der Waals surface area contributed by atoms with Crippen molar-refractivity contribution in [1.82, 2.24) is 5.43 Å². The van der Waals surface area contributed by atoms with Gasteiger partial charge in [-0.2, -0.15) is 5.10 Å². The summed E-state index contributed by atoms with van der Waals surface area (Å²) in [5, 5.41) is 4.39.